The van der Waals surface area contributed by atoms with Gasteiger partial charge in [0.1, 0.15) is 4.75 Å². The molecule has 0 fully saturated rings. The third kappa shape index (κ3) is 3.28. The average molecular weight is 286 g/mol. The normalized spacial score (nSPS) is 11.9. The summed E-state index contributed by atoms with van der Waals surface area (Å²) in [6.07, 6.45) is 3.32. The molecule has 0 aliphatic heterocycles. The van der Waals surface area contributed by atoms with Crippen molar-refractivity contribution in [3.63, 3.8) is 0 Å². The number of aromatic nitrogens is 1. The SMILES string of the molecule is CC(C)(C(=O)Nc1cncc(C(=O)O)c1)S(C)(=O)=O. The molecule has 0 atom stereocenters. The van der Waals surface area contributed by atoms with E-state index >= 15 is 0 Å². The molecule has 0 radical (unpaired) electrons. The molecule has 1 heterocycles. The lowest BCUT2D eigenvalue weighted by molar-refractivity contribution is -0.117. The Morgan fingerprint density at radius 1 is 1.32 bits per heavy atom. The standard InChI is InChI=1S/C11H14N2O5S/c1-11(2,19(3,17)18)10(16)13-8-4-7(9(14)15)5-12-6-8/h4-6H,1-3H3,(H,13,16)(H,14,15). The Kier molecular flexibility index (Phi) is 3.94. The van der Waals surface area contributed by atoms with Gasteiger partial charge < -0.3 is 10.4 Å². The summed E-state index contributed by atoms with van der Waals surface area (Å²) in [7, 11) is -3.60. The molecule has 104 valence electrons. The first-order valence-corrected chi connectivity index (χ1v) is 7.14. The molecule has 1 aromatic heterocycles. The number of amides is 1. The summed E-state index contributed by atoms with van der Waals surface area (Å²) in [6.45, 7) is 2.54. The van der Waals surface area contributed by atoms with Gasteiger partial charge in [-0.05, 0) is 19.9 Å². The van der Waals surface area contributed by atoms with Crippen molar-refractivity contribution in [1.29, 1.82) is 0 Å². The molecule has 0 saturated carbocycles. The highest BCUT2D eigenvalue weighted by Gasteiger charge is 2.38. The largest absolute Gasteiger partial charge is 0.478 e. The number of carbonyl (C=O) groups is 2. The van der Waals surface area contributed by atoms with E-state index in [2.05, 4.69) is 10.3 Å². The second-order valence-electron chi connectivity index (χ2n) is 4.50. The molecular weight excluding hydrogens is 272 g/mol. The van der Waals surface area contributed by atoms with Crippen LogP contribution in [-0.4, -0.2) is 41.4 Å². The van der Waals surface area contributed by atoms with Crippen molar-refractivity contribution >= 4 is 27.4 Å². The molecule has 0 aliphatic carbocycles. The van der Waals surface area contributed by atoms with Crippen LogP contribution in [0.4, 0.5) is 5.69 Å². The Morgan fingerprint density at radius 3 is 2.37 bits per heavy atom. The number of nitrogens with zero attached hydrogens (tertiary/aromatic N) is 1. The summed E-state index contributed by atoms with van der Waals surface area (Å²) >= 11 is 0. The zero-order valence-electron chi connectivity index (χ0n) is 10.7. The molecule has 0 aromatic carbocycles. The average Bonchev–Trinajstić information content (AvgIpc) is 2.27. The maximum atomic E-state index is 11.9. The molecule has 1 amide bonds. The molecule has 0 saturated heterocycles. The lowest BCUT2D eigenvalue weighted by atomic mass is 10.2. The molecule has 2 N–H and O–H groups in total. The minimum Gasteiger partial charge on any atom is -0.478 e. The highest BCUT2D eigenvalue weighted by molar-refractivity contribution is 7.92. The number of carbonyl (C=O) groups excluding carboxylic acids is 1. The van der Waals surface area contributed by atoms with Gasteiger partial charge in [-0.15, -0.1) is 0 Å². The Hall–Kier alpha value is -1.96. The zero-order chi connectivity index (χ0) is 14.8. The Morgan fingerprint density at radius 2 is 1.89 bits per heavy atom. The molecule has 0 spiro atoms. The summed E-state index contributed by atoms with van der Waals surface area (Å²) in [5.74, 6) is -1.94. The zero-order valence-corrected chi connectivity index (χ0v) is 11.5. The minimum atomic E-state index is -3.60. The highest BCUT2D eigenvalue weighted by atomic mass is 32.2. The van der Waals surface area contributed by atoms with Gasteiger partial charge in [0.25, 0.3) is 0 Å². The lowest BCUT2D eigenvalue weighted by Gasteiger charge is -2.21. The molecular formula is C11H14N2O5S. The van der Waals surface area contributed by atoms with Gasteiger partial charge in [-0.25, -0.2) is 13.2 Å². The molecule has 19 heavy (non-hydrogen) atoms. The minimum absolute atomic E-state index is 0.102. The van der Waals surface area contributed by atoms with E-state index in [0.717, 1.165) is 12.5 Å². The first-order chi connectivity index (χ1) is 8.55. The quantitative estimate of drug-likeness (QED) is 0.835. The van der Waals surface area contributed by atoms with Crippen molar-refractivity contribution < 1.29 is 23.1 Å². The first-order valence-electron chi connectivity index (χ1n) is 5.25. The van der Waals surface area contributed by atoms with Crippen molar-refractivity contribution in [2.24, 2.45) is 0 Å². The van der Waals surface area contributed by atoms with Crippen LogP contribution in [0, 0.1) is 0 Å². The van der Waals surface area contributed by atoms with Crippen LogP contribution < -0.4 is 5.32 Å². The van der Waals surface area contributed by atoms with Crippen molar-refractivity contribution in [1.82, 2.24) is 4.98 Å². The summed E-state index contributed by atoms with van der Waals surface area (Å²) in [5.41, 5.74) is 0.0246. The van der Waals surface area contributed by atoms with E-state index in [0.29, 0.717) is 0 Å². The third-order valence-corrected chi connectivity index (χ3v) is 4.76. The smallest absolute Gasteiger partial charge is 0.337 e. The van der Waals surface area contributed by atoms with Crippen LogP contribution in [-0.2, 0) is 14.6 Å². The monoisotopic (exact) mass is 286 g/mol. The van der Waals surface area contributed by atoms with Crippen LogP contribution in [0.15, 0.2) is 18.5 Å². The number of rotatable bonds is 4. The summed E-state index contributed by atoms with van der Waals surface area (Å²) in [6, 6.07) is 1.20. The van der Waals surface area contributed by atoms with Crippen molar-refractivity contribution in [3.8, 4) is 0 Å². The van der Waals surface area contributed by atoms with E-state index in [4.69, 9.17) is 5.11 Å². The number of hydrogen-bond donors (Lipinski definition) is 2. The van der Waals surface area contributed by atoms with Crippen LogP contribution in [0.2, 0.25) is 0 Å². The second kappa shape index (κ2) is 4.96. The number of pyridine rings is 1. The molecule has 0 unspecified atom stereocenters. The van der Waals surface area contributed by atoms with Crippen LogP contribution >= 0.6 is 0 Å². The fourth-order valence-corrected chi connectivity index (χ4v) is 1.46. The molecule has 8 heteroatoms. The number of nitrogens with one attached hydrogen (secondary N) is 1. The van der Waals surface area contributed by atoms with Gasteiger partial charge in [-0.3, -0.25) is 9.78 Å². The van der Waals surface area contributed by atoms with Crippen LogP contribution in [0.5, 0.6) is 0 Å². The topological polar surface area (TPSA) is 113 Å². The van der Waals surface area contributed by atoms with Crippen molar-refractivity contribution in [2.75, 3.05) is 11.6 Å². The Balaban J connectivity index is 3.01. The van der Waals surface area contributed by atoms with Gasteiger partial charge in [0.05, 0.1) is 17.4 Å². The van der Waals surface area contributed by atoms with E-state index in [-0.39, 0.29) is 11.3 Å². The van der Waals surface area contributed by atoms with E-state index < -0.39 is 26.5 Å². The molecule has 1 aromatic rings. The predicted molar refractivity (Wildman–Crippen MR) is 68.7 cm³/mol. The van der Waals surface area contributed by atoms with E-state index in [1.54, 1.807) is 0 Å². The number of carboxylic acid groups (broad SMARTS) is 1. The van der Waals surface area contributed by atoms with Gasteiger partial charge in [0, 0.05) is 12.5 Å². The number of anilines is 1. The number of sulfone groups is 1. The molecule has 1 rings (SSSR count). The third-order valence-electron chi connectivity index (χ3n) is 2.72. The Labute approximate surface area is 110 Å². The highest BCUT2D eigenvalue weighted by Crippen LogP contribution is 2.18. The van der Waals surface area contributed by atoms with E-state index in [1.807, 2.05) is 0 Å². The molecule has 0 bridgehead atoms. The summed E-state index contributed by atoms with van der Waals surface area (Å²) in [5, 5.41) is 11.1. The second-order valence-corrected chi connectivity index (χ2v) is 7.07. The van der Waals surface area contributed by atoms with Gasteiger partial charge >= 0.3 is 5.97 Å². The van der Waals surface area contributed by atoms with Crippen molar-refractivity contribution in [3.05, 3.63) is 24.0 Å². The fraction of sp³-hybridized carbons (Fsp3) is 0.364. The van der Waals surface area contributed by atoms with Gasteiger partial charge in [0.15, 0.2) is 9.84 Å². The van der Waals surface area contributed by atoms with Crippen LogP contribution in [0.1, 0.15) is 24.2 Å². The maximum absolute atomic E-state index is 11.9. The van der Waals surface area contributed by atoms with Crippen molar-refractivity contribution in [2.45, 2.75) is 18.6 Å². The first kappa shape index (κ1) is 15.1. The van der Waals surface area contributed by atoms with Crippen LogP contribution in [0.3, 0.4) is 0 Å². The number of aromatic carboxylic acids is 1. The van der Waals surface area contributed by atoms with Gasteiger partial charge in [-0.1, -0.05) is 0 Å². The van der Waals surface area contributed by atoms with E-state index in [1.165, 1.54) is 26.1 Å². The predicted octanol–water partition coefficient (Wildman–Crippen LogP) is 0.542. The van der Waals surface area contributed by atoms with Gasteiger partial charge in [0.2, 0.25) is 5.91 Å². The lowest BCUT2D eigenvalue weighted by Crippen LogP contribution is -2.43. The van der Waals surface area contributed by atoms with Crippen LogP contribution in [0.25, 0.3) is 0 Å². The molecule has 7 nitrogen and oxygen atoms in total. The number of hydrogen-bond acceptors (Lipinski definition) is 5. The number of carboxylic acids is 1. The van der Waals surface area contributed by atoms with Gasteiger partial charge in [-0.2, -0.15) is 0 Å². The summed E-state index contributed by atoms with van der Waals surface area (Å²) in [4.78, 5) is 26.3. The summed E-state index contributed by atoms with van der Waals surface area (Å²) < 4.78 is 21.4. The fourth-order valence-electron chi connectivity index (χ4n) is 1.08. The maximum Gasteiger partial charge on any atom is 0.337 e. The molecule has 0 aliphatic rings. The van der Waals surface area contributed by atoms with E-state index in [9.17, 15) is 18.0 Å². The Bertz CT molecular complexity index is 622.